The van der Waals surface area contributed by atoms with E-state index in [1.807, 2.05) is 36.4 Å². The van der Waals surface area contributed by atoms with Gasteiger partial charge in [0.25, 0.3) is 5.56 Å². The second kappa shape index (κ2) is 4.57. The molecule has 0 aliphatic heterocycles. The summed E-state index contributed by atoms with van der Waals surface area (Å²) < 4.78 is 1.62. The molecule has 0 saturated heterocycles. The van der Waals surface area contributed by atoms with Crippen molar-refractivity contribution < 1.29 is 0 Å². The molecule has 0 aliphatic rings. The fraction of sp³-hybridized carbons (Fsp3) is 0.0667. The van der Waals surface area contributed by atoms with Crippen LogP contribution in [0.25, 0.3) is 10.9 Å². The Labute approximate surface area is 110 Å². The van der Waals surface area contributed by atoms with Gasteiger partial charge in [-0.05, 0) is 18.2 Å². The van der Waals surface area contributed by atoms with Gasteiger partial charge in [0.05, 0.1) is 5.52 Å². The van der Waals surface area contributed by atoms with E-state index in [4.69, 9.17) is 0 Å². The van der Waals surface area contributed by atoms with Crippen LogP contribution in [0.15, 0.2) is 59.5 Å². The van der Waals surface area contributed by atoms with Crippen LogP contribution in [0.5, 0.6) is 0 Å². The minimum absolute atomic E-state index is 0.0237. The number of pyridine rings is 2. The van der Waals surface area contributed by atoms with Crippen LogP contribution in [0.1, 0.15) is 0 Å². The molecule has 19 heavy (non-hydrogen) atoms. The molecule has 2 heterocycles. The molecule has 3 aromatic rings. The van der Waals surface area contributed by atoms with Gasteiger partial charge in [0.2, 0.25) is 0 Å². The topological polar surface area (TPSA) is 46.9 Å². The number of hydrogen-bond donors (Lipinski definition) is 1. The van der Waals surface area contributed by atoms with Gasteiger partial charge in [0, 0.05) is 36.5 Å². The molecule has 4 heteroatoms. The zero-order chi connectivity index (χ0) is 13.2. The summed E-state index contributed by atoms with van der Waals surface area (Å²) in [7, 11) is 1.76. The van der Waals surface area contributed by atoms with Gasteiger partial charge in [-0.1, -0.05) is 18.2 Å². The van der Waals surface area contributed by atoms with E-state index in [1.165, 1.54) is 0 Å². The van der Waals surface area contributed by atoms with E-state index >= 15 is 0 Å². The van der Waals surface area contributed by atoms with E-state index in [0.29, 0.717) is 0 Å². The van der Waals surface area contributed by atoms with Crippen molar-refractivity contribution in [3.63, 3.8) is 0 Å². The number of rotatable bonds is 2. The molecule has 0 saturated carbocycles. The van der Waals surface area contributed by atoms with Crippen molar-refractivity contribution in [2.24, 2.45) is 7.05 Å². The van der Waals surface area contributed by atoms with Crippen molar-refractivity contribution >= 4 is 22.4 Å². The summed E-state index contributed by atoms with van der Waals surface area (Å²) in [5.74, 6) is 0.722. The molecule has 2 aromatic heterocycles. The number of anilines is 2. The summed E-state index contributed by atoms with van der Waals surface area (Å²) in [5, 5.41) is 4.16. The van der Waals surface area contributed by atoms with Gasteiger partial charge in [-0.15, -0.1) is 0 Å². The summed E-state index contributed by atoms with van der Waals surface area (Å²) in [5.41, 5.74) is 1.81. The first-order chi connectivity index (χ1) is 9.24. The van der Waals surface area contributed by atoms with Crippen molar-refractivity contribution in [1.82, 2.24) is 9.55 Å². The highest BCUT2D eigenvalue weighted by atomic mass is 16.1. The number of aromatic nitrogens is 2. The summed E-state index contributed by atoms with van der Waals surface area (Å²) in [4.78, 5) is 16.0. The van der Waals surface area contributed by atoms with E-state index in [1.54, 1.807) is 29.9 Å². The van der Waals surface area contributed by atoms with Gasteiger partial charge in [-0.3, -0.25) is 4.79 Å². The Kier molecular flexibility index (Phi) is 2.76. The molecule has 0 unspecified atom stereocenters. The first-order valence-electron chi connectivity index (χ1n) is 6.02. The van der Waals surface area contributed by atoms with Crippen LogP contribution in [0.3, 0.4) is 0 Å². The smallest absolute Gasteiger partial charge is 0.250 e. The van der Waals surface area contributed by atoms with Crippen molar-refractivity contribution in [2.45, 2.75) is 0 Å². The molecule has 0 aliphatic carbocycles. The van der Waals surface area contributed by atoms with Gasteiger partial charge in [-0.25, -0.2) is 4.98 Å². The molecule has 94 valence electrons. The van der Waals surface area contributed by atoms with Crippen molar-refractivity contribution in [3.05, 3.63) is 65.1 Å². The first-order valence-corrected chi connectivity index (χ1v) is 6.02. The highest BCUT2D eigenvalue weighted by molar-refractivity contribution is 5.81. The highest BCUT2D eigenvalue weighted by Gasteiger charge is 2.02. The van der Waals surface area contributed by atoms with Gasteiger partial charge in [0.15, 0.2) is 0 Å². The molecule has 0 radical (unpaired) electrons. The minimum atomic E-state index is -0.0237. The molecule has 0 spiro atoms. The molecule has 1 N–H and O–H groups in total. The van der Waals surface area contributed by atoms with Gasteiger partial charge in [-0.2, -0.15) is 0 Å². The van der Waals surface area contributed by atoms with E-state index in [0.717, 1.165) is 22.4 Å². The second-order valence-corrected chi connectivity index (χ2v) is 4.35. The standard InChI is InChI=1S/C15H13N3O/c1-18-13-9-14(17-12-5-3-2-4-6-12)16-10-11(13)7-8-15(18)19/h2-10H,1H3,(H,16,17). The van der Waals surface area contributed by atoms with Gasteiger partial charge in [0.1, 0.15) is 5.82 Å². The molecule has 1 aromatic carbocycles. The van der Waals surface area contributed by atoms with Crippen molar-refractivity contribution in [3.8, 4) is 0 Å². The summed E-state index contributed by atoms with van der Waals surface area (Å²) in [6.07, 6.45) is 1.76. The number of aryl methyl sites for hydroxylation is 1. The maximum absolute atomic E-state index is 11.6. The molecular formula is C15H13N3O. The van der Waals surface area contributed by atoms with E-state index in [2.05, 4.69) is 10.3 Å². The fourth-order valence-electron chi connectivity index (χ4n) is 2.00. The van der Waals surface area contributed by atoms with Crippen molar-refractivity contribution in [2.75, 3.05) is 5.32 Å². The summed E-state index contributed by atoms with van der Waals surface area (Å²) in [6, 6.07) is 15.0. The maximum Gasteiger partial charge on any atom is 0.250 e. The van der Waals surface area contributed by atoms with Crippen LogP contribution in [0, 0.1) is 0 Å². The fourth-order valence-corrected chi connectivity index (χ4v) is 2.00. The predicted octanol–water partition coefficient (Wildman–Crippen LogP) is 2.68. The lowest BCUT2D eigenvalue weighted by atomic mass is 10.2. The Morgan fingerprint density at radius 3 is 2.68 bits per heavy atom. The Balaban J connectivity index is 2.06. The molecule has 3 rings (SSSR count). The van der Waals surface area contributed by atoms with Crippen LogP contribution >= 0.6 is 0 Å². The third kappa shape index (κ3) is 2.20. The van der Waals surface area contributed by atoms with Crippen LogP contribution in [0.4, 0.5) is 11.5 Å². The number of nitrogens with zero attached hydrogens (tertiary/aromatic N) is 2. The summed E-state index contributed by atoms with van der Waals surface area (Å²) in [6.45, 7) is 0. The Morgan fingerprint density at radius 2 is 1.89 bits per heavy atom. The number of nitrogens with one attached hydrogen (secondary N) is 1. The zero-order valence-corrected chi connectivity index (χ0v) is 10.5. The lowest BCUT2D eigenvalue weighted by molar-refractivity contribution is 0.905. The number of para-hydroxylation sites is 1. The van der Waals surface area contributed by atoms with E-state index in [9.17, 15) is 4.79 Å². The van der Waals surface area contributed by atoms with Crippen LogP contribution < -0.4 is 10.9 Å². The first kappa shape index (κ1) is 11.5. The lowest BCUT2D eigenvalue weighted by Crippen LogP contribution is -2.15. The van der Waals surface area contributed by atoms with Crippen LogP contribution in [0.2, 0.25) is 0 Å². The van der Waals surface area contributed by atoms with Crippen LogP contribution in [-0.4, -0.2) is 9.55 Å². The number of benzene rings is 1. The quantitative estimate of drug-likeness (QED) is 0.761. The normalized spacial score (nSPS) is 10.6. The largest absolute Gasteiger partial charge is 0.340 e. The molecular weight excluding hydrogens is 238 g/mol. The average molecular weight is 251 g/mol. The maximum atomic E-state index is 11.6. The molecule has 4 nitrogen and oxygen atoms in total. The molecule has 0 fully saturated rings. The average Bonchev–Trinajstić information content (AvgIpc) is 2.45. The Morgan fingerprint density at radius 1 is 1.11 bits per heavy atom. The molecule has 0 bridgehead atoms. The lowest BCUT2D eigenvalue weighted by Gasteiger charge is -2.08. The third-order valence-electron chi connectivity index (χ3n) is 3.06. The van der Waals surface area contributed by atoms with E-state index in [-0.39, 0.29) is 5.56 Å². The van der Waals surface area contributed by atoms with Crippen molar-refractivity contribution in [1.29, 1.82) is 0 Å². The monoisotopic (exact) mass is 251 g/mol. The SMILES string of the molecule is Cn1c(=O)ccc2cnc(Nc3ccccc3)cc21. The third-order valence-corrected chi connectivity index (χ3v) is 3.06. The zero-order valence-electron chi connectivity index (χ0n) is 10.5. The van der Waals surface area contributed by atoms with Crippen LogP contribution in [-0.2, 0) is 7.05 Å². The van der Waals surface area contributed by atoms with Gasteiger partial charge >= 0.3 is 0 Å². The second-order valence-electron chi connectivity index (χ2n) is 4.35. The molecule has 0 atom stereocenters. The Hall–Kier alpha value is -2.62. The van der Waals surface area contributed by atoms with E-state index < -0.39 is 0 Å². The Bertz CT molecular complexity index is 778. The minimum Gasteiger partial charge on any atom is -0.340 e. The number of hydrogen-bond acceptors (Lipinski definition) is 3. The van der Waals surface area contributed by atoms with Gasteiger partial charge < -0.3 is 9.88 Å². The molecule has 0 amide bonds. The summed E-state index contributed by atoms with van der Waals surface area (Å²) >= 11 is 0. The number of fused-ring (bicyclic) bond motifs is 1. The highest BCUT2D eigenvalue weighted by Crippen LogP contribution is 2.18. The predicted molar refractivity (Wildman–Crippen MR) is 76.7 cm³/mol.